The molecule has 3 heterocycles. The van der Waals surface area contributed by atoms with Crippen molar-refractivity contribution in [3.05, 3.63) is 46.9 Å². The molecule has 1 aliphatic rings. The van der Waals surface area contributed by atoms with Crippen molar-refractivity contribution in [1.82, 2.24) is 14.9 Å². The lowest BCUT2D eigenvalue weighted by Gasteiger charge is -2.38. The third-order valence-electron chi connectivity index (χ3n) is 5.12. The number of methoxy groups -OCH3 is 1. The number of hydrogen-bond acceptors (Lipinski definition) is 7. The van der Waals surface area contributed by atoms with Crippen LogP contribution in [0.4, 0.5) is 5.82 Å². The summed E-state index contributed by atoms with van der Waals surface area (Å²) in [5.74, 6) is 1.52. The summed E-state index contributed by atoms with van der Waals surface area (Å²) in [5, 5.41) is 0.349. The van der Waals surface area contributed by atoms with Gasteiger partial charge in [-0.2, -0.15) is 0 Å². The topological polar surface area (TPSA) is 71.7 Å². The second-order valence-electron chi connectivity index (χ2n) is 6.81. The molecule has 1 fully saturated rings. The zero-order chi connectivity index (χ0) is 19.0. The van der Waals surface area contributed by atoms with Gasteiger partial charge in [0.1, 0.15) is 17.0 Å². The minimum absolute atomic E-state index is 0.274. The third-order valence-corrected chi connectivity index (χ3v) is 5.12. The average molecular weight is 366 g/mol. The largest absolute Gasteiger partial charge is 0.496 e. The number of nitrogens with zero attached hydrogens (tertiary/aromatic N) is 4. The number of ether oxygens (including phenoxy) is 1. The predicted molar refractivity (Wildman–Crippen MR) is 104 cm³/mol. The highest BCUT2D eigenvalue weighted by atomic mass is 16.5. The maximum absolute atomic E-state index is 12.6. The molecule has 1 saturated heterocycles. The first-order chi connectivity index (χ1) is 13.1. The highest BCUT2D eigenvalue weighted by molar-refractivity contribution is 5.85. The van der Waals surface area contributed by atoms with E-state index in [0.717, 1.165) is 31.0 Å². The zero-order valence-corrected chi connectivity index (χ0v) is 15.7. The molecule has 27 heavy (non-hydrogen) atoms. The van der Waals surface area contributed by atoms with Crippen LogP contribution < -0.4 is 15.3 Å². The van der Waals surface area contributed by atoms with E-state index in [4.69, 9.17) is 9.15 Å². The fourth-order valence-corrected chi connectivity index (χ4v) is 3.43. The normalized spacial score (nSPS) is 18.0. The summed E-state index contributed by atoms with van der Waals surface area (Å²) < 4.78 is 10.8. The molecule has 1 atom stereocenters. The van der Waals surface area contributed by atoms with Gasteiger partial charge in [-0.3, -0.25) is 0 Å². The number of aromatic nitrogens is 2. The molecular formula is C20H22N4O3. The minimum atomic E-state index is -0.464. The first-order valence-electron chi connectivity index (χ1n) is 8.97. The third kappa shape index (κ3) is 3.14. The number of benzene rings is 1. The van der Waals surface area contributed by atoms with E-state index < -0.39 is 5.63 Å². The van der Waals surface area contributed by atoms with Crippen LogP contribution in [0.1, 0.15) is 6.92 Å². The van der Waals surface area contributed by atoms with E-state index in [2.05, 4.69) is 33.7 Å². The van der Waals surface area contributed by atoms with Gasteiger partial charge in [-0.1, -0.05) is 6.07 Å². The fraction of sp³-hybridized carbons (Fsp3) is 0.350. The van der Waals surface area contributed by atoms with E-state index >= 15 is 0 Å². The molecule has 7 heteroatoms. The second-order valence-corrected chi connectivity index (χ2v) is 6.81. The lowest BCUT2D eigenvalue weighted by Crippen LogP contribution is -2.50. The lowest BCUT2D eigenvalue weighted by atomic mass is 10.1. The van der Waals surface area contributed by atoms with Crippen molar-refractivity contribution in [3.8, 4) is 17.2 Å². The molecule has 0 amide bonds. The Balaban J connectivity index is 1.82. The van der Waals surface area contributed by atoms with Crippen molar-refractivity contribution in [2.24, 2.45) is 0 Å². The molecule has 7 nitrogen and oxygen atoms in total. The van der Waals surface area contributed by atoms with E-state index in [1.807, 2.05) is 18.2 Å². The molecule has 0 aliphatic carbocycles. The lowest BCUT2D eigenvalue weighted by molar-refractivity contribution is 0.233. The molecule has 3 aromatic rings. The molecule has 4 rings (SSSR count). The molecule has 0 N–H and O–H groups in total. The van der Waals surface area contributed by atoms with Gasteiger partial charge in [0.15, 0.2) is 0 Å². The number of fused-ring (bicyclic) bond motifs is 1. The van der Waals surface area contributed by atoms with E-state index in [9.17, 15) is 4.79 Å². The van der Waals surface area contributed by atoms with Crippen LogP contribution in [-0.4, -0.2) is 54.7 Å². The van der Waals surface area contributed by atoms with E-state index in [-0.39, 0.29) is 5.89 Å². The van der Waals surface area contributed by atoms with Crippen LogP contribution in [0.15, 0.2) is 45.7 Å². The standard InChI is InChI=1S/C20H22N4O3/c1-13-12-24(11-10-23(13)2)18-14(6-5-9-21-18)19-22-15-7-4-8-16(26-3)17(15)20(25)27-19/h4-9,13H,10-12H2,1-3H3. The molecule has 140 valence electrons. The average Bonchev–Trinajstić information content (AvgIpc) is 2.69. The van der Waals surface area contributed by atoms with Gasteiger partial charge in [0.05, 0.1) is 18.2 Å². The van der Waals surface area contributed by atoms with Crippen LogP contribution in [0.3, 0.4) is 0 Å². The van der Waals surface area contributed by atoms with Crippen molar-refractivity contribution < 1.29 is 9.15 Å². The summed E-state index contributed by atoms with van der Waals surface area (Å²) in [5.41, 5.74) is 0.798. The van der Waals surface area contributed by atoms with Crippen molar-refractivity contribution in [1.29, 1.82) is 0 Å². The SMILES string of the molecule is COc1cccc2nc(-c3cccnc3N3CCN(C)C(C)C3)oc(=O)c12. The molecule has 0 radical (unpaired) electrons. The molecule has 0 bridgehead atoms. The maximum Gasteiger partial charge on any atom is 0.350 e. The summed E-state index contributed by atoms with van der Waals surface area (Å²) in [6.45, 7) is 4.85. The summed E-state index contributed by atoms with van der Waals surface area (Å²) >= 11 is 0. The van der Waals surface area contributed by atoms with Crippen LogP contribution >= 0.6 is 0 Å². The van der Waals surface area contributed by atoms with Gasteiger partial charge in [0, 0.05) is 31.9 Å². The van der Waals surface area contributed by atoms with Crippen LogP contribution in [0, 0.1) is 0 Å². The van der Waals surface area contributed by atoms with E-state index in [1.165, 1.54) is 7.11 Å². The summed E-state index contributed by atoms with van der Waals surface area (Å²) in [4.78, 5) is 26.3. The number of pyridine rings is 1. The zero-order valence-electron chi connectivity index (χ0n) is 15.7. The Hall–Kier alpha value is -2.93. The van der Waals surface area contributed by atoms with Gasteiger partial charge in [-0.05, 0) is 38.2 Å². The first-order valence-corrected chi connectivity index (χ1v) is 8.97. The fourth-order valence-electron chi connectivity index (χ4n) is 3.43. The van der Waals surface area contributed by atoms with Gasteiger partial charge in [0.2, 0.25) is 5.89 Å². The maximum atomic E-state index is 12.6. The van der Waals surface area contributed by atoms with Crippen LogP contribution in [0.5, 0.6) is 5.75 Å². The Labute approximate surface area is 157 Å². The predicted octanol–water partition coefficient (Wildman–Crippen LogP) is 2.40. The van der Waals surface area contributed by atoms with E-state index in [0.29, 0.717) is 22.7 Å². The van der Waals surface area contributed by atoms with Crippen molar-refractivity contribution >= 4 is 16.7 Å². The number of rotatable bonds is 3. The summed E-state index contributed by atoms with van der Waals surface area (Å²) in [7, 11) is 3.65. The van der Waals surface area contributed by atoms with Crippen LogP contribution in [-0.2, 0) is 0 Å². The Morgan fingerprint density at radius 1 is 1.22 bits per heavy atom. The number of hydrogen-bond donors (Lipinski definition) is 0. The number of anilines is 1. The molecule has 0 spiro atoms. The van der Waals surface area contributed by atoms with Crippen LogP contribution in [0.25, 0.3) is 22.4 Å². The smallest absolute Gasteiger partial charge is 0.350 e. The van der Waals surface area contributed by atoms with Gasteiger partial charge in [-0.15, -0.1) is 0 Å². The molecule has 0 saturated carbocycles. The Morgan fingerprint density at radius 2 is 2.07 bits per heavy atom. The summed E-state index contributed by atoms with van der Waals surface area (Å²) in [6, 6.07) is 9.45. The summed E-state index contributed by atoms with van der Waals surface area (Å²) in [6.07, 6.45) is 1.75. The highest BCUT2D eigenvalue weighted by Crippen LogP contribution is 2.30. The monoisotopic (exact) mass is 366 g/mol. The first kappa shape index (κ1) is 17.5. The van der Waals surface area contributed by atoms with Crippen molar-refractivity contribution in [3.63, 3.8) is 0 Å². The van der Waals surface area contributed by atoms with Gasteiger partial charge < -0.3 is 19.0 Å². The second kappa shape index (κ2) is 7.00. The minimum Gasteiger partial charge on any atom is -0.496 e. The van der Waals surface area contributed by atoms with Crippen LogP contribution in [0.2, 0.25) is 0 Å². The molecule has 1 unspecified atom stereocenters. The number of piperazine rings is 1. The molecule has 1 aromatic carbocycles. The quantitative estimate of drug-likeness (QED) is 0.705. The van der Waals surface area contributed by atoms with E-state index in [1.54, 1.807) is 18.3 Å². The van der Waals surface area contributed by atoms with Gasteiger partial charge >= 0.3 is 5.63 Å². The van der Waals surface area contributed by atoms with Crippen molar-refractivity contribution in [2.75, 3.05) is 38.7 Å². The molecule has 1 aliphatic heterocycles. The highest BCUT2D eigenvalue weighted by Gasteiger charge is 2.25. The molecular weight excluding hydrogens is 344 g/mol. The van der Waals surface area contributed by atoms with Crippen molar-refractivity contribution in [2.45, 2.75) is 13.0 Å². The van der Waals surface area contributed by atoms with Gasteiger partial charge in [0.25, 0.3) is 0 Å². The molecule has 2 aromatic heterocycles. The Bertz CT molecular complexity index is 1030. The Kier molecular flexibility index (Phi) is 4.53. The number of likely N-dealkylation sites (N-methyl/N-ethyl adjacent to an activating group) is 1. The Morgan fingerprint density at radius 3 is 2.85 bits per heavy atom. The van der Waals surface area contributed by atoms with Gasteiger partial charge in [-0.25, -0.2) is 14.8 Å².